The normalized spacial score (nSPS) is 10.5. The van der Waals surface area contributed by atoms with Crippen molar-refractivity contribution in [1.29, 1.82) is 0 Å². The molecule has 0 bridgehead atoms. The third-order valence-electron chi connectivity index (χ3n) is 2.01. The molecule has 0 saturated heterocycles. The number of aromatic nitrogens is 2. The molecule has 4 nitrogen and oxygen atoms in total. The van der Waals surface area contributed by atoms with Gasteiger partial charge in [0.25, 0.3) is 5.91 Å². The van der Waals surface area contributed by atoms with Gasteiger partial charge >= 0.3 is 0 Å². The van der Waals surface area contributed by atoms with Crippen molar-refractivity contribution in [1.82, 2.24) is 9.97 Å². The Kier molecular flexibility index (Phi) is 1.58. The summed E-state index contributed by atoms with van der Waals surface area (Å²) in [5.41, 5.74) is 7.43. The second-order valence-corrected chi connectivity index (χ2v) is 2.96. The minimum absolute atomic E-state index is 0.422. The van der Waals surface area contributed by atoms with Crippen LogP contribution in [-0.4, -0.2) is 23.7 Å². The van der Waals surface area contributed by atoms with E-state index in [-0.39, 0.29) is 0 Å². The van der Waals surface area contributed by atoms with Gasteiger partial charge in [-0.15, -0.1) is 0 Å². The summed E-state index contributed by atoms with van der Waals surface area (Å²) in [5.74, 6) is -0.449. The van der Waals surface area contributed by atoms with E-state index in [0.29, 0.717) is 5.69 Å². The molecule has 0 fully saturated rings. The highest BCUT2D eigenvalue weighted by molar-refractivity contribution is 6.38. The van der Waals surface area contributed by atoms with Crippen molar-refractivity contribution in [3.05, 3.63) is 24.2 Å². The van der Waals surface area contributed by atoms with Gasteiger partial charge in [0.15, 0.2) is 0 Å². The molecule has 5 heteroatoms. The number of H-pyrrole nitrogens is 1. The van der Waals surface area contributed by atoms with Gasteiger partial charge in [-0.3, -0.25) is 9.78 Å². The lowest BCUT2D eigenvalue weighted by Gasteiger charge is -1.91. The number of carbonyl (C=O) groups excluding carboxylic acids is 1. The Balaban J connectivity index is 2.75. The molecule has 0 spiro atoms. The lowest BCUT2D eigenvalue weighted by atomic mass is 9.95. The molecule has 13 heavy (non-hydrogen) atoms. The second-order valence-electron chi connectivity index (χ2n) is 2.96. The maximum Gasteiger partial charge on any atom is 0.265 e. The van der Waals surface area contributed by atoms with E-state index < -0.39 is 5.91 Å². The molecule has 0 aliphatic heterocycles. The summed E-state index contributed by atoms with van der Waals surface area (Å²) in [6.45, 7) is 0. The standard InChI is InChI=1S/C8H8BN3O/c9-5-2-11-3-7-4(5)1-6(12-7)8(10)13/h1-3,12H,9H2,(H2,10,13). The summed E-state index contributed by atoms with van der Waals surface area (Å²) in [5, 5.41) is 0.990. The fourth-order valence-corrected chi connectivity index (χ4v) is 1.32. The molecular weight excluding hydrogens is 165 g/mol. The van der Waals surface area contributed by atoms with Gasteiger partial charge in [-0.2, -0.15) is 0 Å². The van der Waals surface area contributed by atoms with Crippen LogP contribution >= 0.6 is 0 Å². The third-order valence-corrected chi connectivity index (χ3v) is 2.01. The highest BCUT2D eigenvalue weighted by Gasteiger charge is 2.06. The van der Waals surface area contributed by atoms with Gasteiger partial charge in [0.05, 0.1) is 11.7 Å². The number of hydrogen-bond donors (Lipinski definition) is 2. The lowest BCUT2D eigenvalue weighted by molar-refractivity contribution is 0.0996. The van der Waals surface area contributed by atoms with Crippen LogP contribution in [0.2, 0.25) is 0 Å². The third kappa shape index (κ3) is 1.18. The highest BCUT2D eigenvalue weighted by Crippen LogP contribution is 2.10. The molecule has 2 rings (SSSR count). The summed E-state index contributed by atoms with van der Waals surface area (Å²) in [4.78, 5) is 17.8. The molecule has 0 aliphatic carbocycles. The Labute approximate surface area is 75.6 Å². The first-order valence-electron chi connectivity index (χ1n) is 3.91. The van der Waals surface area contributed by atoms with Crippen molar-refractivity contribution in [2.24, 2.45) is 5.73 Å². The maximum atomic E-state index is 10.9. The summed E-state index contributed by atoms with van der Waals surface area (Å²) in [6, 6.07) is 1.74. The fraction of sp³-hybridized carbons (Fsp3) is 0. The monoisotopic (exact) mass is 173 g/mol. The van der Waals surface area contributed by atoms with Gasteiger partial charge < -0.3 is 10.7 Å². The van der Waals surface area contributed by atoms with Crippen molar-refractivity contribution in [3.8, 4) is 0 Å². The van der Waals surface area contributed by atoms with Crippen molar-refractivity contribution >= 4 is 30.1 Å². The maximum absolute atomic E-state index is 10.9. The zero-order valence-corrected chi connectivity index (χ0v) is 7.16. The first kappa shape index (κ1) is 7.85. The first-order chi connectivity index (χ1) is 6.18. The van der Waals surface area contributed by atoms with Gasteiger partial charge in [0.1, 0.15) is 13.5 Å². The van der Waals surface area contributed by atoms with E-state index in [1.807, 2.05) is 7.85 Å². The van der Waals surface area contributed by atoms with E-state index in [0.717, 1.165) is 16.4 Å². The molecule has 0 saturated carbocycles. The summed E-state index contributed by atoms with van der Waals surface area (Å²) in [7, 11) is 1.94. The first-order valence-corrected chi connectivity index (χ1v) is 3.91. The number of nitrogens with two attached hydrogens (primary N) is 1. The minimum Gasteiger partial charge on any atom is -0.364 e. The lowest BCUT2D eigenvalue weighted by Crippen LogP contribution is -2.10. The Morgan fingerprint density at radius 3 is 2.92 bits per heavy atom. The Hall–Kier alpha value is -1.78. The van der Waals surface area contributed by atoms with Crippen molar-refractivity contribution in [3.63, 3.8) is 0 Å². The van der Waals surface area contributed by atoms with E-state index >= 15 is 0 Å². The van der Waals surface area contributed by atoms with Gasteiger partial charge in [-0.25, -0.2) is 0 Å². The molecule has 0 unspecified atom stereocenters. The van der Waals surface area contributed by atoms with Gasteiger partial charge in [-0.05, 0) is 11.5 Å². The Morgan fingerprint density at radius 1 is 1.54 bits per heavy atom. The molecule has 1 amide bonds. The predicted molar refractivity (Wildman–Crippen MR) is 52.8 cm³/mol. The average molecular weight is 173 g/mol. The molecule has 2 aromatic rings. The van der Waals surface area contributed by atoms with E-state index in [4.69, 9.17) is 5.73 Å². The average Bonchev–Trinajstić information content (AvgIpc) is 2.49. The fourth-order valence-electron chi connectivity index (χ4n) is 1.32. The van der Waals surface area contributed by atoms with Crippen LogP contribution in [0.3, 0.4) is 0 Å². The summed E-state index contributed by atoms with van der Waals surface area (Å²) in [6.07, 6.45) is 3.43. The number of hydrogen-bond acceptors (Lipinski definition) is 2. The summed E-state index contributed by atoms with van der Waals surface area (Å²) >= 11 is 0. The number of fused-ring (bicyclic) bond motifs is 1. The molecule has 2 heterocycles. The van der Waals surface area contributed by atoms with E-state index in [9.17, 15) is 4.79 Å². The predicted octanol–water partition coefficient (Wildman–Crippen LogP) is -1.08. The number of carbonyl (C=O) groups is 1. The van der Waals surface area contributed by atoms with Gasteiger partial charge in [0.2, 0.25) is 0 Å². The van der Waals surface area contributed by atoms with Crippen LogP contribution in [0, 0.1) is 0 Å². The largest absolute Gasteiger partial charge is 0.364 e. The zero-order valence-electron chi connectivity index (χ0n) is 7.16. The molecule has 0 aromatic carbocycles. The van der Waals surface area contributed by atoms with Gasteiger partial charge in [-0.1, -0.05) is 5.46 Å². The molecule has 0 aliphatic rings. The van der Waals surface area contributed by atoms with Crippen LogP contribution in [0.1, 0.15) is 10.5 Å². The molecule has 2 aromatic heterocycles. The number of rotatable bonds is 1. The quantitative estimate of drug-likeness (QED) is 0.538. The van der Waals surface area contributed by atoms with Gasteiger partial charge in [0, 0.05) is 6.20 Å². The topological polar surface area (TPSA) is 71.8 Å². The van der Waals surface area contributed by atoms with E-state index in [1.165, 1.54) is 0 Å². The molecule has 64 valence electrons. The Bertz CT molecular complexity index is 477. The van der Waals surface area contributed by atoms with Crippen LogP contribution in [0.4, 0.5) is 0 Å². The Morgan fingerprint density at radius 2 is 2.31 bits per heavy atom. The van der Waals surface area contributed by atoms with Crippen molar-refractivity contribution < 1.29 is 4.79 Å². The molecule has 3 N–H and O–H groups in total. The molecular formula is C8H8BN3O. The number of pyridine rings is 1. The smallest absolute Gasteiger partial charge is 0.265 e. The SMILES string of the molecule is Bc1cncc2[nH]c(C(N)=O)cc12. The highest BCUT2D eigenvalue weighted by atomic mass is 16.1. The molecule has 0 radical (unpaired) electrons. The second kappa shape index (κ2) is 2.62. The number of nitrogens with zero attached hydrogens (tertiary/aromatic N) is 1. The zero-order chi connectivity index (χ0) is 9.42. The van der Waals surface area contributed by atoms with Crippen LogP contribution < -0.4 is 11.2 Å². The van der Waals surface area contributed by atoms with Crippen molar-refractivity contribution in [2.45, 2.75) is 0 Å². The van der Waals surface area contributed by atoms with E-state index in [2.05, 4.69) is 9.97 Å². The summed E-state index contributed by atoms with van der Waals surface area (Å²) < 4.78 is 0. The van der Waals surface area contributed by atoms with Crippen LogP contribution in [0.25, 0.3) is 10.9 Å². The van der Waals surface area contributed by atoms with Crippen LogP contribution in [-0.2, 0) is 0 Å². The number of aromatic amines is 1. The van der Waals surface area contributed by atoms with Crippen molar-refractivity contribution in [2.75, 3.05) is 0 Å². The number of amides is 1. The van der Waals surface area contributed by atoms with Crippen LogP contribution in [0.15, 0.2) is 18.5 Å². The van der Waals surface area contributed by atoms with Crippen LogP contribution in [0.5, 0.6) is 0 Å². The number of primary amides is 1. The minimum atomic E-state index is -0.449. The molecule has 0 atom stereocenters. The van der Waals surface area contributed by atoms with E-state index in [1.54, 1.807) is 18.5 Å². The number of nitrogens with one attached hydrogen (secondary N) is 1.